The minimum atomic E-state index is 1.13. The molecule has 0 amide bonds. The highest BCUT2D eigenvalue weighted by Crippen LogP contribution is 2.54. The second kappa shape index (κ2) is 13.9. The van der Waals surface area contributed by atoms with Crippen molar-refractivity contribution >= 4 is 49.6 Å². The molecular formula is C58H38N2. The minimum Gasteiger partial charge on any atom is -0.309 e. The van der Waals surface area contributed by atoms with Gasteiger partial charge in [-0.2, -0.15) is 0 Å². The highest BCUT2D eigenvalue weighted by Gasteiger charge is 2.29. The average molecular weight is 763 g/mol. The van der Waals surface area contributed by atoms with Crippen LogP contribution in [0.15, 0.2) is 231 Å². The van der Waals surface area contributed by atoms with Gasteiger partial charge in [-0.25, -0.2) is 0 Å². The Balaban J connectivity index is 1.18. The Labute approximate surface area is 349 Å². The van der Waals surface area contributed by atoms with Gasteiger partial charge >= 0.3 is 0 Å². The summed E-state index contributed by atoms with van der Waals surface area (Å²) in [5.74, 6) is 0. The van der Waals surface area contributed by atoms with E-state index in [0.29, 0.717) is 0 Å². The fourth-order valence-corrected chi connectivity index (χ4v) is 9.53. The third kappa shape index (κ3) is 5.50. The third-order valence-electron chi connectivity index (χ3n) is 12.3. The molecule has 0 fully saturated rings. The van der Waals surface area contributed by atoms with E-state index in [1.807, 2.05) is 0 Å². The van der Waals surface area contributed by atoms with Crippen LogP contribution < -0.4 is 4.90 Å². The lowest BCUT2D eigenvalue weighted by Crippen LogP contribution is -2.15. The maximum absolute atomic E-state index is 2.50. The Kier molecular flexibility index (Phi) is 7.89. The third-order valence-corrected chi connectivity index (χ3v) is 12.3. The molecule has 60 heavy (non-hydrogen) atoms. The molecule has 0 N–H and O–H groups in total. The summed E-state index contributed by atoms with van der Waals surface area (Å²) in [4.78, 5) is 2.50. The Hall–Kier alpha value is -7.94. The van der Waals surface area contributed by atoms with Gasteiger partial charge in [0.05, 0.1) is 22.4 Å². The fourth-order valence-electron chi connectivity index (χ4n) is 9.53. The number of anilines is 3. The predicted octanol–water partition coefficient (Wildman–Crippen LogP) is 16.1. The molecule has 0 radical (unpaired) electrons. The summed E-state index contributed by atoms with van der Waals surface area (Å²) < 4.78 is 2.47. The van der Waals surface area contributed by atoms with Crippen molar-refractivity contribution in [3.8, 4) is 61.3 Å². The van der Waals surface area contributed by atoms with E-state index in [2.05, 4.69) is 240 Å². The Bertz CT molecular complexity index is 3400. The summed E-state index contributed by atoms with van der Waals surface area (Å²) >= 11 is 0. The summed E-state index contributed by atoms with van der Waals surface area (Å²) in [5, 5.41) is 4.97. The van der Waals surface area contributed by atoms with E-state index in [0.717, 1.165) is 17.1 Å². The maximum Gasteiger partial charge on any atom is 0.0562 e. The highest BCUT2D eigenvalue weighted by molar-refractivity contribution is 6.21. The first-order valence-electron chi connectivity index (χ1n) is 20.7. The second-order valence-corrected chi connectivity index (χ2v) is 15.7. The summed E-state index contributed by atoms with van der Waals surface area (Å²) in [6, 6.07) is 84.3. The lowest BCUT2D eigenvalue weighted by Gasteiger charge is -2.34. The lowest BCUT2D eigenvalue weighted by atomic mass is 9.86. The van der Waals surface area contributed by atoms with Crippen LogP contribution in [0.2, 0.25) is 0 Å². The van der Waals surface area contributed by atoms with Gasteiger partial charge in [0.25, 0.3) is 0 Å². The Morgan fingerprint density at radius 1 is 0.250 bits per heavy atom. The van der Waals surface area contributed by atoms with Gasteiger partial charge in [-0.1, -0.05) is 176 Å². The van der Waals surface area contributed by atoms with E-state index in [9.17, 15) is 0 Å². The molecule has 1 aliphatic rings. The van der Waals surface area contributed by atoms with Crippen LogP contribution in [-0.4, -0.2) is 4.57 Å². The van der Waals surface area contributed by atoms with Crippen LogP contribution in [0.25, 0.3) is 93.9 Å². The molecule has 12 rings (SSSR count). The number of rotatable bonds is 6. The first kappa shape index (κ1) is 34.1. The predicted molar refractivity (Wildman–Crippen MR) is 254 cm³/mol. The minimum absolute atomic E-state index is 1.13. The second-order valence-electron chi connectivity index (χ2n) is 15.7. The summed E-state index contributed by atoms with van der Waals surface area (Å²) in [6.07, 6.45) is 0. The van der Waals surface area contributed by atoms with Crippen molar-refractivity contribution in [3.05, 3.63) is 231 Å². The summed E-state index contributed by atoms with van der Waals surface area (Å²) in [6.45, 7) is 0. The number of benzene rings is 10. The Morgan fingerprint density at radius 3 is 1.42 bits per heavy atom. The van der Waals surface area contributed by atoms with Crippen LogP contribution in [0, 0.1) is 0 Å². The summed E-state index contributed by atoms with van der Waals surface area (Å²) in [5.41, 5.74) is 19.1. The molecule has 0 spiro atoms. The molecule has 0 saturated carbocycles. The zero-order chi connectivity index (χ0) is 39.6. The van der Waals surface area contributed by atoms with Crippen molar-refractivity contribution < 1.29 is 0 Å². The topological polar surface area (TPSA) is 8.17 Å². The number of hydrogen-bond acceptors (Lipinski definition) is 1. The molecule has 0 saturated heterocycles. The van der Waals surface area contributed by atoms with Crippen molar-refractivity contribution in [2.75, 3.05) is 4.90 Å². The van der Waals surface area contributed by atoms with Gasteiger partial charge < -0.3 is 9.47 Å². The molecule has 0 aliphatic carbocycles. The van der Waals surface area contributed by atoms with Crippen LogP contribution >= 0.6 is 0 Å². The largest absolute Gasteiger partial charge is 0.309 e. The molecule has 2 heterocycles. The normalized spacial score (nSPS) is 12.0. The average Bonchev–Trinajstić information content (AvgIpc) is 3.65. The quantitative estimate of drug-likeness (QED) is 0.164. The van der Waals surface area contributed by atoms with E-state index in [-0.39, 0.29) is 0 Å². The Morgan fingerprint density at radius 2 is 0.767 bits per heavy atom. The molecular weight excluding hydrogens is 725 g/mol. The van der Waals surface area contributed by atoms with Crippen LogP contribution in [0.3, 0.4) is 0 Å². The van der Waals surface area contributed by atoms with Gasteiger partial charge in [0.15, 0.2) is 0 Å². The monoisotopic (exact) mass is 762 g/mol. The molecule has 2 nitrogen and oxygen atoms in total. The zero-order valence-corrected chi connectivity index (χ0v) is 32.8. The van der Waals surface area contributed by atoms with Gasteiger partial charge in [0.2, 0.25) is 0 Å². The van der Waals surface area contributed by atoms with E-state index in [4.69, 9.17) is 0 Å². The molecule has 10 aromatic carbocycles. The first-order chi connectivity index (χ1) is 29.8. The van der Waals surface area contributed by atoms with Crippen molar-refractivity contribution in [2.45, 2.75) is 0 Å². The fraction of sp³-hybridized carbons (Fsp3) is 0. The van der Waals surface area contributed by atoms with Gasteiger partial charge in [-0.15, -0.1) is 0 Å². The van der Waals surface area contributed by atoms with Crippen molar-refractivity contribution in [1.82, 2.24) is 4.57 Å². The zero-order valence-electron chi connectivity index (χ0n) is 32.8. The number of aromatic nitrogens is 1. The lowest BCUT2D eigenvalue weighted by molar-refractivity contribution is 1.18. The molecule has 2 heteroatoms. The van der Waals surface area contributed by atoms with Crippen LogP contribution in [0.5, 0.6) is 0 Å². The van der Waals surface area contributed by atoms with Gasteiger partial charge in [-0.3, -0.25) is 0 Å². The van der Waals surface area contributed by atoms with Gasteiger partial charge in [0, 0.05) is 33.1 Å². The number of fused-ring (bicyclic) bond motifs is 5. The van der Waals surface area contributed by atoms with E-state index in [1.165, 1.54) is 93.9 Å². The van der Waals surface area contributed by atoms with Gasteiger partial charge in [-0.05, 0) is 110 Å². The molecule has 11 aromatic rings. The van der Waals surface area contributed by atoms with Crippen molar-refractivity contribution in [1.29, 1.82) is 0 Å². The smallest absolute Gasteiger partial charge is 0.0562 e. The molecule has 1 aliphatic heterocycles. The van der Waals surface area contributed by atoms with Gasteiger partial charge in [0.1, 0.15) is 0 Å². The highest BCUT2D eigenvalue weighted by atomic mass is 15.2. The van der Waals surface area contributed by atoms with Crippen LogP contribution in [-0.2, 0) is 0 Å². The SMILES string of the molecule is c1ccc(-c2cccc(N3c4cc5c(cc4-c4ccc(-c6ccccc6)c6cccc3c46)c3cc(-c4ccccc4)ccc3n5-c3cccc(-c4ccccc4)c3)c2)cc1. The molecule has 1 aromatic heterocycles. The van der Waals surface area contributed by atoms with E-state index >= 15 is 0 Å². The van der Waals surface area contributed by atoms with Crippen molar-refractivity contribution in [3.63, 3.8) is 0 Å². The first-order valence-corrected chi connectivity index (χ1v) is 20.7. The molecule has 0 atom stereocenters. The molecule has 0 bridgehead atoms. The van der Waals surface area contributed by atoms with E-state index in [1.54, 1.807) is 0 Å². The standard InChI is InChI=1S/C58H38N2/c1-5-16-39(17-6-1)43-24-13-26-46(34-43)59-54-33-30-45(41-20-9-3-10-21-41)36-51(54)53-37-52-50-32-31-48(42-22-11-4-12-23-42)49-28-15-29-55(58(49)50)60(56(52)38-57(53)59)47-27-14-25-44(35-47)40-18-7-2-8-19-40/h1-38H. The van der Waals surface area contributed by atoms with Crippen molar-refractivity contribution in [2.24, 2.45) is 0 Å². The van der Waals surface area contributed by atoms with Crippen LogP contribution in [0.1, 0.15) is 0 Å². The van der Waals surface area contributed by atoms with E-state index < -0.39 is 0 Å². The molecule has 280 valence electrons. The molecule has 0 unspecified atom stereocenters. The van der Waals surface area contributed by atoms with Crippen LogP contribution in [0.4, 0.5) is 17.1 Å². The number of nitrogens with zero attached hydrogens (tertiary/aromatic N) is 2. The maximum atomic E-state index is 2.50. The summed E-state index contributed by atoms with van der Waals surface area (Å²) in [7, 11) is 0. The number of hydrogen-bond donors (Lipinski definition) is 0.